The van der Waals surface area contributed by atoms with Crippen LogP contribution in [0.25, 0.3) is 0 Å². The highest BCUT2D eigenvalue weighted by Crippen LogP contribution is 2.32. The van der Waals surface area contributed by atoms with E-state index in [4.69, 9.17) is 27.9 Å². The zero-order chi connectivity index (χ0) is 29.4. The topological polar surface area (TPSA) is 96.0 Å². The molecule has 2 amide bonds. The van der Waals surface area contributed by atoms with Crippen LogP contribution in [-0.4, -0.2) is 51.4 Å². The van der Waals surface area contributed by atoms with E-state index in [0.717, 1.165) is 4.31 Å². The first-order valence-electron chi connectivity index (χ1n) is 12.7. The number of sulfonamides is 1. The number of hydrogen-bond donors (Lipinski definition) is 1. The number of anilines is 1. The van der Waals surface area contributed by atoms with Crippen LogP contribution in [0.5, 0.6) is 5.75 Å². The van der Waals surface area contributed by atoms with Crippen molar-refractivity contribution in [1.29, 1.82) is 0 Å². The zero-order valence-corrected chi connectivity index (χ0v) is 25.1. The standard InChI is InChI=1S/C29H33Cl2N3O5S/c1-20(2)17-32-29(36)21(3)33(18-22-14-15-24(30)25(31)16-22)28(35)19-34(26-12-8-9-13-27(26)39-4)40(37,38)23-10-6-5-7-11-23/h5-16,20-21H,17-19H2,1-4H3,(H,32,36)/t21-/m1/s1. The van der Waals surface area contributed by atoms with Gasteiger partial charge in [0, 0.05) is 13.1 Å². The Labute approximate surface area is 245 Å². The average molecular weight is 607 g/mol. The van der Waals surface area contributed by atoms with E-state index in [1.165, 1.54) is 24.1 Å². The second-order valence-electron chi connectivity index (χ2n) is 9.58. The molecule has 0 aliphatic rings. The Balaban J connectivity index is 2.05. The van der Waals surface area contributed by atoms with Gasteiger partial charge in [0.05, 0.1) is 27.7 Å². The van der Waals surface area contributed by atoms with Crippen molar-refractivity contribution in [2.45, 2.75) is 38.3 Å². The molecule has 0 bridgehead atoms. The lowest BCUT2D eigenvalue weighted by atomic mass is 10.1. The van der Waals surface area contributed by atoms with E-state index >= 15 is 0 Å². The summed E-state index contributed by atoms with van der Waals surface area (Å²) in [5.74, 6) is -0.485. The second kappa shape index (κ2) is 13.9. The summed E-state index contributed by atoms with van der Waals surface area (Å²) in [6.45, 7) is 5.36. The number of para-hydroxylation sites is 2. The van der Waals surface area contributed by atoms with Crippen LogP contribution in [-0.2, 0) is 26.2 Å². The summed E-state index contributed by atoms with van der Waals surface area (Å²) in [6.07, 6.45) is 0. The van der Waals surface area contributed by atoms with E-state index in [0.29, 0.717) is 22.2 Å². The van der Waals surface area contributed by atoms with E-state index in [1.807, 2.05) is 13.8 Å². The highest BCUT2D eigenvalue weighted by atomic mass is 35.5. The lowest BCUT2D eigenvalue weighted by molar-refractivity contribution is -0.139. The van der Waals surface area contributed by atoms with Gasteiger partial charge >= 0.3 is 0 Å². The summed E-state index contributed by atoms with van der Waals surface area (Å²) in [5, 5.41) is 3.50. The van der Waals surface area contributed by atoms with Crippen LogP contribution in [0.4, 0.5) is 5.69 Å². The van der Waals surface area contributed by atoms with Crippen LogP contribution < -0.4 is 14.4 Å². The monoisotopic (exact) mass is 605 g/mol. The van der Waals surface area contributed by atoms with Crippen LogP contribution in [0.15, 0.2) is 77.7 Å². The number of methoxy groups -OCH3 is 1. The molecule has 0 saturated heterocycles. The minimum absolute atomic E-state index is 0.00284. The van der Waals surface area contributed by atoms with Crippen LogP contribution in [0, 0.1) is 5.92 Å². The fraction of sp³-hybridized carbons (Fsp3) is 0.310. The maximum atomic E-state index is 14.0. The smallest absolute Gasteiger partial charge is 0.264 e. The number of amides is 2. The number of nitrogens with zero attached hydrogens (tertiary/aromatic N) is 2. The van der Waals surface area contributed by atoms with Crippen molar-refractivity contribution in [3.8, 4) is 5.75 Å². The third-order valence-electron chi connectivity index (χ3n) is 6.15. The first-order chi connectivity index (χ1) is 18.9. The number of carbonyl (C=O) groups is 2. The van der Waals surface area contributed by atoms with Crippen LogP contribution in [0.3, 0.4) is 0 Å². The Bertz CT molecular complexity index is 1430. The predicted octanol–water partition coefficient (Wildman–Crippen LogP) is 5.39. The minimum atomic E-state index is -4.20. The first kappa shape index (κ1) is 31.3. The quantitative estimate of drug-likeness (QED) is 0.299. The Kier molecular flexibility index (Phi) is 10.8. The van der Waals surface area contributed by atoms with E-state index in [-0.39, 0.29) is 34.7 Å². The van der Waals surface area contributed by atoms with Gasteiger partial charge in [0.2, 0.25) is 11.8 Å². The maximum Gasteiger partial charge on any atom is 0.264 e. The molecule has 3 rings (SSSR count). The van der Waals surface area contributed by atoms with Gasteiger partial charge in [-0.2, -0.15) is 0 Å². The summed E-state index contributed by atoms with van der Waals surface area (Å²) in [5.41, 5.74) is 0.814. The molecule has 214 valence electrons. The summed E-state index contributed by atoms with van der Waals surface area (Å²) in [7, 11) is -2.78. The van der Waals surface area contributed by atoms with Gasteiger partial charge < -0.3 is 15.0 Å². The third kappa shape index (κ3) is 7.68. The second-order valence-corrected chi connectivity index (χ2v) is 12.3. The molecule has 0 aromatic heterocycles. The molecule has 0 saturated carbocycles. The fourth-order valence-electron chi connectivity index (χ4n) is 3.94. The van der Waals surface area contributed by atoms with Gasteiger partial charge in [0.15, 0.2) is 0 Å². The molecular weight excluding hydrogens is 573 g/mol. The highest BCUT2D eigenvalue weighted by molar-refractivity contribution is 7.92. The molecular formula is C29H33Cl2N3O5S. The number of halogens is 2. The Morgan fingerprint density at radius 2 is 1.57 bits per heavy atom. The molecule has 3 aromatic rings. The zero-order valence-electron chi connectivity index (χ0n) is 22.8. The van der Waals surface area contributed by atoms with Crippen molar-refractivity contribution in [2.75, 3.05) is 24.5 Å². The van der Waals surface area contributed by atoms with Gasteiger partial charge in [-0.05, 0) is 54.8 Å². The van der Waals surface area contributed by atoms with Gasteiger partial charge in [0.25, 0.3) is 10.0 Å². The van der Waals surface area contributed by atoms with Gasteiger partial charge in [-0.1, -0.05) is 73.4 Å². The summed E-state index contributed by atoms with van der Waals surface area (Å²) in [6, 6.07) is 18.4. The Morgan fingerprint density at radius 3 is 2.20 bits per heavy atom. The van der Waals surface area contributed by atoms with Crippen molar-refractivity contribution in [3.05, 3.63) is 88.4 Å². The normalized spacial score (nSPS) is 12.1. The van der Waals surface area contributed by atoms with Crippen molar-refractivity contribution >= 4 is 50.7 Å². The maximum absolute atomic E-state index is 14.0. The largest absolute Gasteiger partial charge is 0.495 e. The van der Waals surface area contributed by atoms with Gasteiger partial charge in [-0.25, -0.2) is 8.42 Å². The molecule has 1 atom stereocenters. The number of rotatable bonds is 12. The van der Waals surface area contributed by atoms with Crippen LogP contribution in [0.1, 0.15) is 26.3 Å². The van der Waals surface area contributed by atoms with E-state index in [2.05, 4.69) is 5.32 Å². The highest BCUT2D eigenvalue weighted by Gasteiger charge is 2.33. The predicted molar refractivity (Wildman–Crippen MR) is 158 cm³/mol. The van der Waals surface area contributed by atoms with E-state index in [9.17, 15) is 18.0 Å². The number of hydrogen-bond acceptors (Lipinski definition) is 5. The number of ether oxygens (including phenoxy) is 1. The van der Waals surface area contributed by atoms with Crippen molar-refractivity contribution in [3.63, 3.8) is 0 Å². The minimum Gasteiger partial charge on any atom is -0.495 e. The SMILES string of the molecule is COc1ccccc1N(CC(=O)N(Cc1ccc(Cl)c(Cl)c1)[C@H](C)C(=O)NCC(C)C)S(=O)(=O)c1ccccc1. The van der Waals surface area contributed by atoms with Crippen LogP contribution >= 0.6 is 23.2 Å². The first-order valence-corrected chi connectivity index (χ1v) is 14.9. The summed E-state index contributed by atoms with van der Waals surface area (Å²) in [4.78, 5) is 28.4. The molecule has 0 fully saturated rings. The summed E-state index contributed by atoms with van der Waals surface area (Å²) < 4.78 is 34.2. The molecule has 3 aromatic carbocycles. The number of nitrogens with one attached hydrogen (secondary N) is 1. The van der Waals surface area contributed by atoms with Gasteiger partial charge in [-0.3, -0.25) is 13.9 Å². The van der Waals surface area contributed by atoms with Crippen molar-refractivity contribution in [1.82, 2.24) is 10.2 Å². The Morgan fingerprint density at radius 1 is 0.925 bits per heavy atom. The molecule has 0 unspecified atom stereocenters. The van der Waals surface area contributed by atoms with Crippen LogP contribution in [0.2, 0.25) is 10.0 Å². The fourth-order valence-corrected chi connectivity index (χ4v) is 5.70. The molecule has 0 heterocycles. The molecule has 11 heteroatoms. The third-order valence-corrected chi connectivity index (χ3v) is 8.67. The van der Waals surface area contributed by atoms with E-state index in [1.54, 1.807) is 67.6 Å². The van der Waals surface area contributed by atoms with Gasteiger partial charge in [0.1, 0.15) is 18.3 Å². The number of benzene rings is 3. The average Bonchev–Trinajstić information content (AvgIpc) is 2.95. The molecule has 1 N–H and O–H groups in total. The lowest BCUT2D eigenvalue weighted by Crippen LogP contribution is -2.51. The Hall–Kier alpha value is -3.27. The lowest BCUT2D eigenvalue weighted by Gasteiger charge is -2.32. The van der Waals surface area contributed by atoms with Crippen molar-refractivity contribution < 1.29 is 22.7 Å². The molecule has 0 spiro atoms. The molecule has 0 radical (unpaired) electrons. The van der Waals surface area contributed by atoms with E-state index < -0.39 is 28.5 Å². The molecule has 0 aliphatic carbocycles. The summed E-state index contributed by atoms with van der Waals surface area (Å²) >= 11 is 12.3. The number of carbonyl (C=O) groups excluding carboxylic acids is 2. The molecule has 0 aliphatic heterocycles. The van der Waals surface area contributed by atoms with Gasteiger partial charge in [-0.15, -0.1) is 0 Å². The molecule has 8 nitrogen and oxygen atoms in total. The van der Waals surface area contributed by atoms with Crippen molar-refractivity contribution in [2.24, 2.45) is 5.92 Å². The molecule has 40 heavy (non-hydrogen) atoms.